The van der Waals surface area contributed by atoms with Gasteiger partial charge in [-0.3, -0.25) is 0 Å². The van der Waals surface area contributed by atoms with Gasteiger partial charge in [0.1, 0.15) is 35.5 Å². The van der Waals surface area contributed by atoms with Gasteiger partial charge in [0.15, 0.2) is 0 Å². The van der Waals surface area contributed by atoms with Gasteiger partial charge in [-0.05, 0) is 49.6 Å². The standard InChI is InChI=1S/C27H28N2O5/c1-5-9-18-10-7-8-11-23(18)33-16-20-14-19(12-13-22(20)31-4)25-21(15-28)26(29)34-17(3)24(25)27(30)32-6-2/h5,7-8,10-14,25H,1,6,9,16,29H2,2-4H3. The van der Waals surface area contributed by atoms with Crippen LogP contribution in [0.5, 0.6) is 11.5 Å². The first-order valence-corrected chi connectivity index (χ1v) is 10.9. The van der Waals surface area contributed by atoms with Crippen LogP contribution in [0.3, 0.4) is 0 Å². The number of esters is 1. The molecule has 0 spiro atoms. The van der Waals surface area contributed by atoms with Crippen LogP contribution >= 0.6 is 0 Å². The van der Waals surface area contributed by atoms with Gasteiger partial charge in [0.25, 0.3) is 0 Å². The van der Waals surface area contributed by atoms with Crippen molar-refractivity contribution in [1.82, 2.24) is 0 Å². The minimum Gasteiger partial charge on any atom is -0.496 e. The van der Waals surface area contributed by atoms with E-state index in [9.17, 15) is 10.1 Å². The summed E-state index contributed by atoms with van der Waals surface area (Å²) in [5.41, 5.74) is 8.82. The molecule has 1 atom stereocenters. The van der Waals surface area contributed by atoms with Crippen LogP contribution in [-0.4, -0.2) is 19.7 Å². The highest BCUT2D eigenvalue weighted by Gasteiger charge is 2.36. The van der Waals surface area contributed by atoms with Crippen molar-refractivity contribution in [2.45, 2.75) is 32.8 Å². The van der Waals surface area contributed by atoms with Crippen molar-refractivity contribution in [1.29, 1.82) is 5.26 Å². The molecule has 1 aliphatic rings. The summed E-state index contributed by atoms with van der Waals surface area (Å²) in [6, 6.07) is 15.3. The lowest BCUT2D eigenvalue weighted by atomic mass is 9.82. The number of para-hydroxylation sites is 1. The molecule has 0 aliphatic carbocycles. The maximum Gasteiger partial charge on any atom is 0.338 e. The molecule has 0 saturated heterocycles. The molecular weight excluding hydrogens is 432 g/mol. The second-order valence-electron chi connectivity index (χ2n) is 7.58. The third-order valence-electron chi connectivity index (χ3n) is 5.46. The van der Waals surface area contributed by atoms with Crippen LogP contribution in [0.25, 0.3) is 0 Å². The van der Waals surface area contributed by atoms with E-state index >= 15 is 0 Å². The quantitative estimate of drug-likeness (QED) is 0.429. The predicted molar refractivity (Wildman–Crippen MR) is 128 cm³/mol. The largest absolute Gasteiger partial charge is 0.496 e. The van der Waals surface area contributed by atoms with Crippen LogP contribution in [0.4, 0.5) is 0 Å². The molecule has 3 rings (SSSR count). The number of rotatable bonds is 9. The van der Waals surface area contributed by atoms with E-state index in [1.807, 2.05) is 36.4 Å². The molecule has 176 valence electrons. The summed E-state index contributed by atoms with van der Waals surface area (Å²) in [5.74, 6) is 0.321. The second kappa shape index (κ2) is 11.1. The number of methoxy groups -OCH3 is 1. The van der Waals surface area contributed by atoms with E-state index in [1.54, 1.807) is 33.1 Å². The Kier molecular flexibility index (Phi) is 7.99. The van der Waals surface area contributed by atoms with Gasteiger partial charge < -0.3 is 24.7 Å². The molecule has 7 heteroatoms. The topological polar surface area (TPSA) is 104 Å². The summed E-state index contributed by atoms with van der Waals surface area (Å²) in [5, 5.41) is 9.81. The highest BCUT2D eigenvalue weighted by atomic mass is 16.5. The molecular formula is C27H28N2O5. The number of carbonyl (C=O) groups is 1. The van der Waals surface area contributed by atoms with Crippen LogP contribution in [0.15, 0.2) is 77.9 Å². The highest BCUT2D eigenvalue weighted by Crippen LogP contribution is 2.41. The van der Waals surface area contributed by atoms with Gasteiger partial charge in [-0.2, -0.15) is 5.26 Å². The zero-order chi connectivity index (χ0) is 24.7. The Morgan fingerprint density at radius 1 is 1.24 bits per heavy atom. The predicted octanol–water partition coefficient (Wildman–Crippen LogP) is 4.65. The zero-order valence-corrected chi connectivity index (χ0v) is 19.6. The first-order chi connectivity index (χ1) is 16.4. The summed E-state index contributed by atoms with van der Waals surface area (Å²) in [6.07, 6.45) is 2.50. The number of hydrogen-bond acceptors (Lipinski definition) is 7. The minimum absolute atomic E-state index is 0.0370. The van der Waals surface area contributed by atoms with E-state index in [1.165, 1.54) is 0 Å². The fraction of sp³-hybridized carbons (Fsp3) is 0.259. The van der Waals surface area contributed by atoms with Crippen LogP contribution < -0.4 is 15.2 Å². The van der Waals surface area contributed by atoms with Gasteiger partial charge in [0, 0.05) is 5.56 Å². The summed E-state index contributed by atoms with van der Waals surface area (Å²) in [7, 11) is 1.57. The lowest BCUT2D eigenvalue weighted by molar-refractivity contribution is -0.139. The van der Waals surface area contributed by atoms with Gasteiger partial charge in [-0.25, -0.2) is 4.79 Å². The molecule has 34 heavy (non-hydrogen) atoms. The van der Waals surface area contributed by atoms with Gasteiger partial charge in [-0.1, -0.05) is 30.3 Å². The molecule has 2 aromatic rings. The van der Waals surface area contributed by atoms with Crippen molar-refractivity contribution in [3.63, 3.8) is 0 Å². The molecule has 1 aliphatic heterocycles. The summed E-state index contributed by atoms with van der Waals surface area (Å²) >= 11 is 0. The smallest absolute Gasteiger partial charge is 0.338 e. The number of hydrogen-bond donors (Lipinski definition) is 1. The molecule has 0 radical (unpaired) electrons. The Hall–Kier alpha value is -4.18. The van der Waals surface area contributed by atoms with Crippen molar-refractivity contribution in [2.75, 3.05) is 13.7 Å². The number of ether oxygens (including phenoxy) is 4. The first-order valence-electron chi connectivity index (χ1n) is 10.9. The molecule has 0 bridgehead atoms. The van der Waals surface area contributed by atoms with Crippen molar-refractivity contribution in [2.24, 2.45) is 5.73 Å². The second-order valence-corrected chi connectivity index (χ2v) is 7.58. The van der Waals surface area contributed by atoms with Crippen LogP contribution in [0.1, 0.15) is 36.5 Å². The summed E-state index contributed by atoms with van der Waals surface area (Å²) < 4.78 is 22.4. The third-order valence-corrected chi connectivity index (χ3v) is 5.46. The number of carbonyl (C=O) groups excluding carboxylic acids is 1. The van der Waals surface area contributed by atoms with E-state index in [-0.39, 0.29) is 30.2 Å². The minimum atomic E-state index is -0.740. The van der Waals surface area contributed by atoms with Crippen LogP contribution in [0.2, 0.25) is 0 Å². The summed E-state index contributed by atoms with van der Waals surface area (Å²) in [6.45, 7) is 7.55. The van der Waals surface area contributed by atoms with Crippen LogP contribution in [-0.2, 0) is 27.3 Å². The van der Waals surface area contributed by atoms with Gasteiger partial charge in [0.2, 0.25) is 5.88 Å². The van der Waals surface area contributed by atoms with Crippen molar-refractivity contribution < 1.29 is 23.7 Å². The molecule has 7 nitrogen and oxygen atoms in total. The Balaban J connectivity index is 2.03. The van der Waals surface area contributed by atoms with Crippen LogP contribution in [0, 0.1) is 11.3 Å². The lowest BCUT2D eigenvalue weighted by Crippen LogP contribution is -2.25. The molecule has 1 unspecified atom stereocenters. The maximum absolute atomic E-state index is 12.8. The Labute approximate surface area is 199 Å². The Morgan fingerprint density at radius 2 is 2.00 bits per heavy atom. The highest BCUT2D eigenvalue weighted by molar-refractivity contribution is 5.92. The number of allylic oxidation sites excluding steroid dienone is 3. The molecule has 0 aromatic heterocycles. The van der Waals surface area contributed by atoms with E-state index < -0.39 is 11.9 Å². The number of nitrogens with two attached hydrogens (primary N) is 1. The third kappa shape index (κ3) is 5.07. The van der Waals surface area contributed by atoms with Crippen molar-refractivity contribution in [3.05, 3.63) is 94.6 Å². The number of nitrogens with zero attached hydrogens (tertiary/aromatic N) is 1. The number of nitriles is 1. The lowest BCUT2D eigenvalue weighted by Gasteiger charge is -2.27. The molecule has 2 aromatic carbocycles. The number of benzene rings is 2. The van der Waals surface area contributed by atoms with Gasteiger partial charge in [0.05, 0.1) is 25.2 Å². The van der Waals surface area contributed by atoms with E-state index in [2.05, 4.69) is 12.6 Å². The Morgan fingerprint density at radius 3 is 2.68 bits per heavy atom. The molecule has 0 amide bonds. The molecule has 0 saturated carbocycles. The molecule has 0 fully saturated rings. The fourth-order valence-electron chi connectivity index (χ4n) is 3.90. The van der Waals surface area contributed by atoms with Gasteiger partial charge in [-0.15, -0.1) is 6.58 Å². The average Bonchev–Trinajstić information content (AvgIpc) is 2.83. The Bertz CT molecular complexity index is 1190. The first kappa shape index (κ1) is 24.5. The zero-order valence-electron chi connectivity index (χ0n) is 19.6. The molecule has 1 heterocycles. The normalized spacial score (nSPS) is 15.3. The fourth-order valence-corrected chi connectivity index (χ4v) is 3.90. The molecule has 2 N–H and O–H groups in total. The van der Waals surface area contributed by atoms with Crippen molar-refractivity contribution >= 4 is 5.97 Å². The van der Waals surface area contributed by atoms with E-state index in [0.717, 1.165) is 16.9 Å². The van der Waals surface area contributed by atoms with E-state index in [0.29, 0.717) is 23.5 Å². The van der Waals surface area contributed by atoms with Crippen molar-refractivity contribution in [3.8, 4) is 17.6 Å². The van der Waals surface area contributed by atoms with E-state index in [4.69, 9.17) is 24.7 Å². The summed E-state index contributed by atoms with van der Waals surface area (Å²) in [4.78, 5) is 12.8. The average molecular weight is 461 g/mol. The SMILES string of the molecule is C=CCc1ccccc1OCc1cc(C2C(C#N)=C(N)OC(C)=C2C(=O)OCC)ccc1OC. The van der Waals surface area contributed by atoms with Gasteiger partial charge >= 0.3 is 5.97 Å². The maximum atomic E-state index is 12.8. The monoisotopic (exact) mass is 460 g/mol.